The number of unbranched alkanes of at least 4 members (excludes halogenated alkanes) is 1. The van der Waals surface area contributed by atoms with E-state index in [2.05, 4.69) is 67.7 Å². The minimum atomic E-state index is 0.185. The van der Waals surface area contributed by atoms with Crippen LogP contribution < -0.4 is 10.1 Å². The molecular weight excluding hydrogens is 326 g/mol. The molecule has 25 heavy (non-hydrogen) atoms. The Hall–Kier alpha value is -1.45. The maximum atomic E-state index is 5.34. The van der Waals surface area contributed by atoms with E-state index in [4.69, 9.17) is 4.74 Å². The summed E-state index contributed by atoms with van der Waals surface area (Å²) in [6.45, 7) is 4.60. The predicted molar refractivity (Wildman–Crippen MR) is 108 cm³/mol. The number of hydrogen-bond donors (Lipinski definition) is 1. The van der Waals surface area contributed by atoms with Gasteiger partial charge in [-0.15, -0.1) is 11.8 Å². The Morgan fingerprint density at radius 3 is 2.56 bits per heavy atom. The van der Waals surface area contributed by atoms with E-state index in [1.807, 2.05) is 11.8 Å². The van der Waals surface area contributed by atoms with Gasteiger partial charge in [-0.1, -0.05) is 57.0 Å². The number of thioether (sulfide) groups is 1. The summed E-state index contributed by atoms with van der Waals surface area (Å²) in [5.74, 6) is 2.04. The van der Waals surface area contributed by atoms with Crippen LogP contribution in [-0.4, -0.2) is 18.4 Å². The van der Waals surface area contributed by atoms with Gasteiger partial charge in [0.25, 0.3) is 0 Å². The van der Waals surface area contributed by atoms with Gasteiger partial charge in [0.2, 0.25) is 0 Å². The summed E-state index contributed by atoms with van der Waals surface area (Å²) in [6.07, 6.45) is 4.90. The molecule has 2 nitrogen and oxygen atoms in total. The molecule has 0 unspecified atom stereocenters. The highest BCUT2D eigenvalue weighted by atomic mass is 32.2. The van der Waals surface area contributed by atoms with Crippen molar-refractivity contribution in [2.45, 2.75) is 56.0 Å². The van der Waals surface area contributed by atoms with Crippen LogP contribution >= 0.6 is 11.8 Å². The SMILES string of the molecule is CCCC[C@]1(CC)CSc2ccccc2[C@H](c2ccc(OC)cc2)N1. The minimum absolute atomic E-state index is 0.185. The fourth-order valence-electron chi connectivity index (χ4n) is 3.59. The van der Waals surface area contributed by atoms with Crippen molar-refractivity contribution >= 4 is 11.8 Å². The van der Waals surface area contributed by atoms with Gasteiger partial charge < -0.3 is 4.74 Å². The van der Waals surface area contributed by atoms with Crippen LogP contribution in [-0.2, 0) is 0 Å². The van der Waals surface area contributed by atoms with E-state index in [0.29, 0.717) is 0 Å². The van der Waals surface area contributed by atoms with Crippen molar-refractivity contribution in [3.8, 4) is 5.75 Å². The van der Waals surface area contributed by atoms with Crippen molar-refractivity contribution in [3.63, 3.8) is 0 Å². The number of nitrogens with one attached hydrogen (secondary N) is 1. The zero-order chi connectivity index (χ0) is 17.7. The van der Waals surface area contributed by atoms with Gasteiger partial charge in [0.15, 0.2) is 0 Å². The Bertz CT molecular complexity index is 685. The van der Waals surface area contributed by atoms with Crippen molar-refractivity contribution in [2.24, 2.45) is 0 Å². The van der Waals surface area contributed by atoms with Gasteiger partial charge in [0.1, 0.15) is 5.75 Å². The summed E-state index contributed by atoms with van der Waals surface area (Å²) in [5.41, 5.74) is 2.89. The summed E-state index contributed by atoms with van der Waals surface area (Å²) in [4.78, 5) is 1.41. The maximum absolute atomic E-state index is 5.34. The van der Waals surface area contributed by atoms with Gasteiger partial charge >= 0.3 is 0 Å². The topological polar surface area (TPSA) is 21.3 Å². The zero-order valence-electron chi connectivity index (χ0n) is 15.5. The maximum Gasteiger partial charge on any atom is 0.118 e. The average molecular weight is 356 g/mol. The normalized spacial score (nSPS) is 22.9. The van der Waals surface area contributed by atoms with Gasteiger partial charge in [-0.05, 0) is 42.2 Å². The fraction of sp³-hybridized carbons (Fsp3) is 0.455. The van der Waals surface area contributed by atoms with Crippen molar-refractivity contribution in [3.05, 3.63) is 59.7 Å². The van der Waals surface area contributed by atoms with E-state index in [1.165, 1.54) is 35.3 Å². The lowest BCUT2D eigenvalue weighted by Crippen LogP contribution is -2.48. The zero-order valence-corrected chi connectivity index (χ0v) is 16.4. The minimum Gasteiger partial charge on any atom is -0.497 e. The average Bonchev–Trinajstić information content (AvgIpc) is 2.84. The summed E-state index contributed by atoms with van der Waals surface area (Å²) in [5, 5.41) is 4.06. The van der Waals surface area contributed by atoms with Crippen molar-refractivity contribution in [2.75, 3.05) is 12.9 Å². The van der Waals surface area contributed by atoms with E-state index >= 15 is 0 Å². The van der Waals surface area contributed by atoms with E-state index in [1.54, 1.807) is 7.11 Å². The second-order valence-electron chi connectivity index (χ2n) is 6.91. The molecule has 0 fully saturated rings. The fourth-order valence-corrected chi connectivity index (χ4v) is 4.98. The lowest BCUT2D eigenvalue weighted by Gasteiger charge is -2.36. The highest BCUT2D eigenvalue weighted by Crippen LogP contribution is 2.40. The number of rotatable bonds is 6. The molecule has 1 heterocycles. The summed E-state index contributed by atoms with van der Waals surface area (Å²) in [6, 6.07) is 17.6. The molecule has 1 aliphatic rings. The van der Waals surface area contributed by atoms with Gasteiger partial charge in [-0.3, -0.25) is 5.32 Å². The smallest absolute Gasteiger partial charge is 0.118 e. The predicted octanol–water partition coefficient (Wildman–Crippen LogP) is 5.82. The van der Waals surface area contributed by atoms with Crippen molar-refractivity contribution in [1.29, 1.82) is 0 Å². The van der Waals surface area contributed by atoms with Crippen LogP contribution in [0.4, 0.5) is 0 Å². The quantitative estimate of drug-likeness (QED) is 0.705. The highest BCUT2D eigenvalue weighted by molar-refractivity contribution is 7.99. The number of benzene rings is 2. The molecule has 0 radical (unpaired) electrons. The first-order valence-corrected chi connectivity index (χ1v) is 10.3. The first kappa shape index (κ1) is 18.3. The molecular formula is C22H29NOS. The molecule has 1 N–H and O–H groups in total. The summed E-state index contributed by atoms with van der Waals surface area (Å²) >= 11 is 2.01. The molecule has 0 saturated heterocycles. The van der Waals surface area contributed by atoms with Crippen LogP contribution in [0.15, 0.2) is 53.4 Å². The van der Waals surface area contributed by atoms with Crippen molar-refractivity contribution in [1.82, 2.24) is 5.32 Å². The molecule has 0 amide bonds. The number of methoxy groups -OCH3 is 1. The summed E-state index contributed by atoms with van der Waals surface area (Å²) in [7, 11) is 1.72. The number of fused-ring (bicyclic) bond motifs is 1. The Balaban J connectivity index is 2.00. The molecule has 134 valence electrons. The van der Waals surface area contributed by atoms with Gasteiger partial charge in [-0.25, -0.2) is 0 Å². The molecule has 2 atom stereocenters. The van der Waals surface area contributed by atoms with Gasteiger partial charge in [0.05, 0.1) is 13.2 Å². The van der Waals surface area contributed by atoms with E-state index in [9.17, 15) is 0 Å². The number of hydrogen-bond acceptors (Lipinski definition) is 3. The molecule has 0 aromatic heterocycles. The van der Waals surface area contributed by atoms with E-state index < -0.39 is 0 Å². The van der Waals surface area contributed by atoms with Crippen LogP contribution in [0.25, 0.3) is 0 Å². The molecule has 2 aromatic rings. The second kappa shape index (κ2) is 8.29. The van der Waals surface area contributed by atoms with Crippen LogP contribution in [0.3, 0.4) is 0 Å². The van der Waals surface area contributed by atoms with Crippen LogP contribution in [0, 0.1) is 0 Å². The third-order valence-corrected chi connectivity index (χ3v) is 6.70. The van der Waals surface area contributed by atoms with Crippen LogP contribution in [0.5, 0.6) is 5.75 Å². The standard InChI is InChI=1S/C22H29NOS/c1-4-6-15-22(5-2)16-25-20-10-8-7-9-19(20)21(23-22)17-11-13-18(24-3)14-12-17/h7-14,21,23H,4-6,15-16H2,1-3H3/t21-,22+/m0/s1. The third kappa shape index (κ3) is 4.04. The van der Waals surface area contributed by atoms with Crippen LogP contribution in [0.2, 0.25) is 0 Å². The van der Waals surface area contributed by atoms with Gasteiger partial charge in [-0.2, -0.15) is 0 Å². The molecule has 0 spiro atoms. The highest BCUT2D eigenvalue weighted by Gasteiger charge is 2.35. The van der Waals surface area contributed by atoms with Gasteiger partial charge in [0, 0.05) is 16.2 Å². The Morgan fingerprint density at radius 2 is 1.88 bits per heavy atom. The molecule has 0 saturated carbocycles. The molecule has 2 aromatic carbocycles. The van der Waals surface area contributed by atoms with Crippen molar-refractivity contribution < 1.29 is 4.74 Å². The first-order valence-electron chi connectivity index (χ1n) is 9.34. The monoisotopic (exact) mass is 355 g/mol. The third-order valence-electron chi connectivity index (χ3n) is 5.32. The molecule has 3 heteroatoms. The summed E-state index contributed by atoms with van der Waals surface area (Å²) < 4.78 is 5.34. The lowest BCUT2D eigenvalue weighted by atomic mass is 9.88. The first-order chi connectivity index (χ1) is 12.2. The largest absolute Gasteiger partial charge is 0.497 e. The Labute approximate surface area is 156 Å². The Morgan fingerprint density at radius 1 is 1.12 bits per heavy atom. The molecule has 0 bridgehead atoms. The Kier molecular flexibility index (Phi) is 6.08. The molecule has 1 aliphatic heterocycles. The van der Waals surface area contributed by atoms with Crippen LogP contribution in [0.1, 0.15) is 56.7 Å². The van der Waals surface area contributed by atoms with E-state index in [-0.39, 0.29) is 11.6 Å². The molecule has 3 rings (SSSR count). The lowest BCUT2D eigenvalue weighted by molar-refractivity contribution is 0.298. The van der Waals surface area contributed by atoms with E-state index in [0.717, 1.165) is 17.9 Å². The molecule has 0 aliphatic carbocycles. The number of ether oxygens (including phenoxy) is 1. The second-order valence-corrected chi connectivity index (χ2v) is 7.93.